The Labute approximate surface area is 189 Å². The van der Waals surface area contributed by atoms with Crippen LogP contribution in [0.2, 0.25) is 0 Å². The number of β-lactam (4-membered cyclic amide) rings is 1. The Bertz CT molecular complexity index is 1160. The van der Waals surface area contributed by atoms with Crippen molar-refractivity contribution >= 4 is 57.5 Å². The molecule has 2 aromatic heterocycles. The number of nitrogens with zero attached hydrogens (tertiary/aromatic N) is 4. The predicted octanol–water partition coefficient (Wildman–Crippen LogP) is -1.29. The molecule has 13 nitrogen and oxygen atoms in total. The maximum Gasteiger partial charge on any atom is 0.352 e. The van der Waals surface area contributed by atoms with E-state index in [0.717, 1.165) is 11.3 Å². The number of aliphatic carboxylic acids is 1. The van der Waals surface area contributed by atoms with E-state index >= 15 is 0 Å². The Hall–Kier alpha value is -3.59. The molecule has 4 heterocycles. The molecule has 1 fully saturated rings. The lowest BCUT2D eigenvalue weighted by atomic mass is 10.0. The highest BCUT2D eigenvalue weighted by atomic mass is 32.2. The van der Waals surface area contributed by atoms with Crippen molar-refractivity contribution in [1.29, 1.82) is 0 Å². The fourth-order valence-corrected chi connectivity index (χ4v) is 5.30. The van der Waals surface area contributed by atoms with Crippen LogP contribution in [0, 0.1) is 0 Å². The summed E-state index contributed by atoms with van der Waals surface area (Å²) in [5.74, 6) is -1.64. The van der Waals surface area contributed by atoms with Crippen molar-refractivity contribution in [2.45, 2.75) is 18.0 Å². The lowest BCUT2D eigenvalue weighted by Crippen LogP contribution is -2.71. The fourth-order valence-electron chi connectivity index (χ4n) is 3.42. The summed E-state index contributed by atoms with van der Waals surface area (Å²) in [7, 11) is 1.28. The van der Waals surface area contributed by atoms with Crippen molar-refractivity contribution in [3.63, 3.8) is 0 Å². The minimum atomic E-state index is -1.22. The fraction of sp³-hybridized carbons (Fsp3) is 0.294. The maximum atomic E-state index is 12.8. The standard InChI is InChI=1S/C17H18N8O5S2/c1-30-23-10(8-6-32-17(19)20-8)13(26)21-11-14(27)25-12(16(28)29)7(5-31-15(11)25)4-24-3-2-9(18)22-24/h2-3,6,11,15H,4-5H2,1H3,(H6,18,19,20,21,22,26,28,29)/p+1/b23-10-. The van der Waals surface area contributed by atoms with Gasteiger partial charge in [-0.25, -0.2) is 9.78 Å². The number of oxime groups is 1. The van der Waals surface area contributed by atoms with Crippen LogP contribution in [0.5, 0.6) is 0 Å². The minimum absolute atomic E-state index is 0.0945. The molecule has 0 saturated carbocycles. The number of aromatic nitrogens is 3. The second-order valence-electron chi connectivity index (χ2n) is 6.82. The summed E-state index contributed by atoms with van der Waals surface area (Å²) in [5, 5.41) is 20.2. The normalized spacial score (nSPS) is 20.6. The quantitative estimate of drug-likeness (QED) is 0.139. The molecule has 15 heteroatoms. The molecule has 1 saturated heterocycles. The average Bonchev–Trinajstić information content (AvgIpc) is 3.37. The highest BCUT2D eigenvalue weighted by Gasteiger charge is 2.54. The van der Waals surface area contributed by atoms with Crippen molar-refractivity contribution in [2.75, 3.05) is 24.3 Å². The molecule has 2 aromatic rings. The lowest BCUT2D eigenvalue weighted by molar-refractivity contribution is -0.742. The van der Waals surface area contributed by atoms with Crippen molar-refractivity contribution in [1.82, 2.24) is 20.3 Å². The summed E-state index contributed by atoms with van der Waals surface area (Å²) in [5.41, 5.74) is 11.8. The van der Waals surface area contributed by atoms with E-state index in [-0.39, 0.29) is 28.8 Å². The molecule has 2 aliphatic heterocycles. The van der Waals surface area contributed by atoms with Crippen LogP contribution >= 0.6 is 23.1 Å². The number of anilines is 2. The molecular weight excluding hydrogens is 460 g/mol. The van der Waals surface area contributed by atoms with E-state index in [2.05, 4.69) is 20.6 Å². The molecule has 2 unspecified atom stereocenters. The van der Waals surface area contributed by atoms with E-state index in [1.807, 2.05) is 0 Å². The molecule has 0 radical (unpaired) electrons. The number of aromatic amines is 1. The second-order valence-corrected chi connectivity index (χ2v) is 8.82. The molecule has 4 rings (SSSR count). The largest absolute Gasteiger partial charge is 0.477 e. The van der Waals surface area contributed by atoms with E-state index in [9.17, 15) is 19.5 Å². The number of carbonyl (C=O) groups excluding carboxylic acids is 2. The number of hydrogen-bond acceptors (Lipinski definition) is 10. The Kier molecular flexibility index (Phi) is 5.75. The average molecular weight is 480 g/mol. The van der Waals surface area contributed by atoms with Crippen LogP contribution in [-0.2, 0) is 25.8 Å². The van der Waals surface area contributed by atoms with Gasteiger partial charge in [-0.2, -0.15) is 0 Å². The zero-order valence-corrected chi connectivity index (χ0v) is 18.3. The van der Waals surface area contributed by atoms with Gasteiger partial charge >= 0.3 is 5.97 Å². The van der Waals surface area contributed by atoms with Gasteiger partial charge in [0.1, 0.15) is 29.9 Å². The van der Waals surface area contributed by atoms with Gasteiger partial charge in [0.15, 0.2) is 29.4 Å². The number of thioether (sulfide) groups is 1. The van der Waals surface area contributed by atoms with Crippen LogP contribution in [-0.4, -0.2) is 67.9 Å². The molecule has 7 N–H and O–H groups in total. The summed E-state index contributed by atoms with van der Waals surface area (Å²) in [6.07, 6.45) is 1.68. The monoisotopic (exact) mass is 479 g/mol. The number of fused-ring (bicyclic) bond motifs is 1. The van der Waals surface area contributed by atoms with Gasteiger partial charge in [-0.15, -0.1) is 32.9 Å². The zero-order chi connectivity index (χ0) is 23.0. The van der Waals surface area contributed by atoms with E-state index in [1.54, 1.807) is 22.3 Å². The van der Waals surface area contributed by atoms with Crippen LogP contribution in [0.3, 0.4) is 0 Å². The van der Waals surface area contributed by atoms with Crippen LogP contribution in [0.15, 0.2) is 34.1 Å². The first-order valence-electron chi connectivity index (χ1n) is 9.17. The highest BCUT2D eigenvalue weighted by Crippen LogP contribution is 2.40. The molecule has 2 amide bonds. The SMILES string of the molecule is CO/N=C(\C(=O)NC1C(=O)N2C(C(=O)O)=C(C[n+]3ccc(N)[nH]3)CSC12)c1csc(N)n1. The molecular formula is C17H19N8O5S2+. The number of carboxylic acid groups (broad SMARTS) is 1. The minimum Gasteiger partial charge on any atom is -0.477 e. The van der Waals surface area contributed by atoms with Gasteiger partial charge in [0.25, 0.3) is 11.8 Å². The molecule has 168 valence electrons. The molecule has 0 aliphatic carbocycles. The summed E-state index contributed by atoms with van der Waals surface area (Å²) >= 11 is 2.48. The number of carbonyl (C=O) groups is 3. The molecule has 0 aromatic carbocycles. The van der Waals surface area contributed by atoms with Crippen molar-refractivity contribution in [3.05, 3.63) is 34.6 Å². The van der Waals surface area contributed by atoms with Gasteiger partial charge in [-0.1, -0.05) is 5.16 Å². The second kappa shape index (κ2) is 8.51. The molecule has 32 heavy (non-hydrogen) atoms. The smallest absolute Gasteiger partial charge is 0.352 e. The predicted molar refractivity (Wildman–Crippen MR) is 115 cm³/mol. The van der Waals surface area contributed by atoms with Gasteiger partial charge in [-0.05, 0) is 0 Å². The van der Waals surface area contributed by atoms with Gasteiger partial charge < -0.3 is 26.7 Å². The first-order chi connectivity index (χ1) is 15.3. The third kappa shape index (κ3) is 3.87. The number of carboxylic acids is 1. The van der Waals surface area contributed by atoms with E-state index in [0.29, 0.717) is 17.1 Å². The summed E-state index contributed by atoms with van der Waals surface area (Å²) in [6.45, 7) is 0.231. The number of amides is 2. The topological polar surface area (TPSA) is 193 Å². The zero-order valence-electron chi connectivity index (χ0n) is 16.6. The first-order valence-corrected chi connectivity index (χ1v) is 11.1. The number of rotatable bonds is 7. The number of thiazole rings is 1. The molecule has 0 spiro atoms. The maximum absolute atomic E-state index is 12.8. The Balaban J connectivity index is 1.53. The van der Waals surface area contributed by atoms with Gasteiger partial charge in [0, 0.05) is 22.8 Å². The van der Waals surface area contributed by atoms with Crippen LogP contribution in [0.1, 0.15) is 5.69 Å². The Morgan fingerprint density at radius 1 is 1.50 bits per heavy atom. The van der Waals surface area contributed by atoms with E-state index in [4.69, 9.17) is 16.3 Å². The summed E-state index contributed by atoms with van der Waals surface area (Å²) in [6, 6.07) is 0.727. The van der Waals surface area contributed by atoms with Gasteiger partial charge in [0.05, 0.1) is 0 Å². The highest BCUT2D eigenvalue weighted by molar-refractivity contribution is 8.00. The first kappa shape index (κ1) is 21.6. The van der Waals surface area contributed by atoms with Crippen molar-refractivity contribution in [2.24, 2.45) is 5.16 Å². The van der Waals surface area contributed by atoms with Crippen molar-refractivity contribution in [3.8, 4) is 0 Å². The van der Waals surface area contributed by atoms with Gasteiger partial charge in [0.2, 0.25) is 0 Å². The lowest BCUT2D eigenvalue weighted by Gasteiger charge is -2.49. The molecule has 2 aliphatic rings. The van der Waals surface area contributed by atoms with E-state index in [1.165, 1.54) is 23.8 Å². The number of H-pyrrole nitrogens is 1. The summed E-state index contributed by atoms with van der Waals surface area (Å²) < 4.78 is 1.63. The molecule has 2 atom stereocenters. The third-order valence-corrected chi connectivity index (χ3v) is 6.78. The Morgan fingerprint density at radius 3 is 2.88 bits per heavy atom. The summed E-state index contributed by atoms with van der Waals surface area (Å²) in [4.78, 5) is 47.5. The van der Waals surface area contributed by atoms with E-state index < -0.39 is 29.2 Å². The van der Waals surface area contributed by atoms with Crippen molar-refractivity contribution < 1.29 is 29.0 Å². The molecule has 0 bridgehead atoms. The number of nitrogens with one attached hydrogen (secondary N) is 2. The van der Waals surface area contributed by atoms with Crippen LogP contribution in [0.4, 0.5) is 10.9 Å². The van der Waals surface area contributed by atoms with Crippen LogP contribution in [0.25, 0.3) is 0 Å². The number of nitrogen functional groups attached to an aromatic ring is 2. The number of nitrogens with two attached hydrogens (primary N) is 2. The van der Waals surface area contributed by atoms with Gasteiger partial charge in [-0.3, -0.25) is 14.5 Å². The third-order valence-electron chi connectivity index (χ3n) is 4.77. The Morgan fingerprint density at radius 2 is 2.28 bits per heavy atom. The number of hydrogen-bond donors (Lipinski definition) is 5. The van der Waals surface area contributed by atoms with Crippen LogP contribution < -0.4 is 21.5 Å².